The Morgan fingerprint density at radius 1 is 1.53 bits per heavy atom. The standard InChI is InChI=1S/C14H22N2O2S/c1-10-2-3-12(18-10)13(16-15)11-4-6-17-14(8-11)5-7-19-9-14/h2-3,11,13,16H,4-9,15H2,1H3. The lowest BCUT2D eigenvalue weighted by Gasteiger charge is -2.40. The Balaban J connectivity index is 1.76. The summed E-state index contributed by atoms with van der Waals surface area (Å²) in [6.07, 6.45) is 3.29. The Morgan fingerprint density at radius 3 is 3.05 bits per heavy atom. The first kappa shape index (κ1) is 13.5. The molecule has 3 atom stereocenters. The molecule has 19 heavy (non-hydrogen) atoms. The van der Waals surface area contributed by atoms with Crippen LogP contribution in [0.3, 0.4) is 0 Å². The Morgan fingerprint density at radius 2 is 2.42 bits per heavy atom. The van der Waals surface area contributed by atoms with E-state index in [1.54, 1.807) is 0 Å². The quantitative estimate of drug-likeness (QED) is 0.658. The fraction of sp³-hybridized carbons (Fsp3) is 0.714. The number of rotatable bonds is 3. The van der Waals surface area contributed by atoms with Gasteiger partial charge in [-0.3, -0.25) is 5.84 Å². The lowest BCUT2D eigenvalue weighted by atomic mass is 9.80. The summed E-state index contributed by atoms with van der Waals surface area (Å²) < 4.78 is 11.8. The van der Waals surface area contributed by atoms with Crippen LogP contribution in [0.1, 0.15) is 36.8 Å². The number of hydrogen-bond acceptors (Lipinski definition) is 5. The van der Waals surface area contributed by atoms with Gasteiger partial charge in [0.1, 0.15) is 11.5 Å². The van der Waals surface area contributed by atoms with E-state index in [0.717, 1.165) is 36.7 Å². The molecule has 2 aliphatic heterocycles. The van der Waals surface area contributed by atoms with Gasteiger partial charge in [0.05, 0.1) is 11.6 Å². The number of hydrogen-bond donors (Lipinski definition) is 2. The molecule has 0 aromatic carbocycles. The maximum Gasteiger partial charge on any atom is 0.122 e. The molecule has 0 bridgehead atoms. The summed E-state index contributed by atoms with van der Waals surface area (Å²) in [5.41, 5.74) is 3.04. The van der Waals surface area contributed by atoms with Crippen LogP contribution in [0.25, 0.3) is 0 Å². The van der Waals surface area contributed by atoms with E-state index in [1.165, 1.54) is 12.2 Å². The average Bonchev–Trinajstić information content (AvgIpc) is 3.01. The van der Waals surface area contributed by atoms with E-state index in [4.69, 9.17) is 15.0 Å². The zero-order chi connectivity index (χ0) is 13.3. The minimum Gasteiger partial charge on any atom is -0.465 e. The first-order chi connectivity index (χ1) is 9.22. The second kappa shape index (κ2) is 5.48. The van der Waals surface area contributed by atoms with Crippen LogP contribution in [0.4, 0.5) is 0 Å². The summed E-state index contributed by atoms with van der Waals surface area (Å²) in [6, 6.07) is 4.13. The molecule has 3 heterocycles. The Hall–Kier alpha value is -0.490. The molecule has 1 spiro atoms. The van der Waals surface area contributed by atoms with Gasteiger partial charge in [-0.15, -0.1) is 0 Å². The van der Waals surface area contributed by atoms with E-state index in [0.29, 0.717) is 5.92 Å². The van der Waals surface area contributed by atoms with Crippen LogP contribution in [-0.2, 0) is 4.74 Å². The molecule has 5 heteroatoms. The Kier molecular flexibility index (Phi) is 3.89. The highest BCUT2D eigenvalue weighted by molar-refractivity contribution is 7.99. The zero-order valence-corrected chi connectivity index (χ0v) is 12.2. The zero-order valence-electron chi connectivity index (χ0n) is 11.4. The predicted octanol–water partition coefficient (Wildman–Crippen LogP) is 2.39. The number of furan rings is 1. The summed E-state index contributed by atoms with van der Waals surface area (Å²) >= 11 is 2.00. The topological polar surface area (TPSA) is 60.4 Å². The molecule has 3 unspecified atom stereocenters. The van der Waals surface area contributed by atoms with Crippen LogP contribution in [-0.4, -0.2) is 23.7 Å². The molecule has 0 saturated carbocycles. The molecule has 1 aromatic rings. The largest absolute Gasteiger partial charge is 0.465 e. The van der Waals surface area contributed by atoms with Gasteiger partial charge in [-0.25, -0.2) is 5.43 Å². The number of nitrogens with two attached hydrogens (primary N) is 1. The van der Waals surface area contributed by atoms with Crippen molar-refractivity contribution in [2.24, 2.45) is 11.8 Å². The first-order valence-electron chi connectivity index (χ1n) is 6.97. The van der Waals surface area contributed by atoms with Crippen molar-refractivity contribution in [3.63, 3.8) is 0 Å². The van der Waals surface area contributed by atoms with Gasteiger partial charge in [-0.1, -0.05) is 0 Å². The van der Waals surface area contributed by atoms with Crippen molar-refractivity contribution in [2.75, 3.05) is 18.1 Å². The number of nitrogens with one attached hydrogen (secondary N) is 1. The van der Waals surface area contributed by atoms with Crippen molar-refractivity contribution in [1.29, 1.82) is 0 Å². The molecule has 106 valence electrons. The molecular weight excluding hydrogens is 260 g/mol. The van der Waals surface area contributed by atoms with Crippen LogP contribution < -0.4 is 11.3 Å². The fourth-order valence-corrected chi connectivity index (χ4v) is 4.66. The Labute approximate surface area is 118 Å². The summed E-state index contributed by atoms with van der Waals surface area (Å²) in [7, 11) is 0. The Bertz CT molecular complexity index is 429. The van der Waals surface area contributed by atoms with E-state index in [9.17, 15) is 0 Å². The number of hydrazine groups is 1. The molecule has 2 fully saturated rings. The smallest absolute Gasteiger partial charge is 0.122 e. The summed E-state index contributed by atoms with van der Waals surface area (Å²) in [4.78, 5) is 0. The van der Waals surface area contributed by atoms with E-state index >= 15 is 0 Å². The molecule has 0 radical (unpaired) electrons. The average molecular weight is 282 g/mol. The third-order valence-electron chi connectivity index (χ3n) is 4.32. The summed E-state index contributed by atoms with van der Waals surface area (Å²) in [5.74, 6) is 10.5. The van der Waals surface area contributed by atoms with Crippen molar-refractivity contribution < 1.29 is 9.15 Å². The summed E-state index contributed by atoms with van der Waals surface area (Å²) in [6.45, 7) is 2.80. The van der Waals surface area contributed by atoms with E-state index in [-0.39, 0.29) is 11.6 Å². The van der Waals surface area contributed by atoms with E-state index in [1.807, 2.05) is 30.8 Å². The lowest BCUT2D eigenvalue weighted by Crippen LogP contribution is -2.45. The predicted molar refractivity (Wildman–Crippen MR) is 76.9 cm³/mol. The van der Waals surface area contributed by atoms with Crippen LogP contribution in [0.5, 0.6) is 0 Å². The van der Waals surface area contributed by atoms with Crippen LogP contribution in [0.2, 0.25) is 0 Å². The highest BCUT2D eigenvalue weighted by atomic mass is 32.2. The third-order valence-corrected chi connectivity index (χ3v) is 5.54. The second-order valence-corrected chi connectivity index (χ2v) is 6.78. The molecule has 0 amide bonds. The minimum atomic E-state index is 0.0876. The maximum absolute atomic E-state index is 6.07. The van der Waals surface area contributed by atoms with Crippen LogP contribution in [0, 0.1) is 12.8 Å². The van der Waals surface area contributed by atoms with Gasteiger partial charge in [0, 0.05) is 12.4 Å². The lowest BCUT2D eigenvalue weighted by molar-refractivity contribution is -0.0864. The molecule has 1 aromatic heterocycles. The van der Waals surface area contributed by atoms with Gasteiger partial charge in [0.2, 0.25) is 0 Å². The maximum atomic E-state index is 6.07. The van der Waals surface area contributed by atoms with Gasteiger partial charge in [0.15, 0.2) is 0 Å². The van der Waals surface area contributed by atoms with Gasteiger partial charge in [-0.05, 0) is 50.0 Å². The van der Waals surface area contributed by atoms with Gasteiger partial charge >= 0.3 is 0 Å². The molecule has 0 aliphatic carbocycles. The SMILES string of the molecule is Cc1ccc(C(NN)C2CCOC3(CCSC3)C2)o1. The molecule has 3 rings (SSSR count). The van der Waals surface area contributed by atoms with Gasteiger partial charge in [0.25, 0.3) is 0 Å². The van der Waals surface area contributed by atoms with E-state index in [2.05, 4.69) is 5.43 Å². The van der Waals surface area contributed by atoms with Crippen molar-refractivity contribution >= 4 is 11.8 Å². The number of aryl methyl sites for hydroxylation is 1. The van der Waals surface area contributed by atoms with Crippen molar-refractivity contribution in [1.82, 2.24) is 5.43 Å². The number of ether oxygens (including phenoxy) is 1. The molecular formula is C14H22N2O2S. The molecule has 4 nitrogen and oxygen atoms in total. The van der Waals surface area contributed by atoms with E-state index < -0.39 is 0 Å². The van der Waals surface area contributed by atoms with Crippen LogP contribution in [0.15, 0.2) is 16.5 Å². The molecule has 2 saturated heterocycles. The minimum absolute atomic E-state index is 0.0876. The fourth-order valence-electron chi connectivity index (χ4n) is 3.28. The van der Waals surface area contributed by atoms with Crippen molar-refractivity contribution in [3.8, 4) is 0 Å². The summed E-state index contributed by atoms with van der Waals surface area (Å²) in [5, 5.41) is 0. The monoisotopic (exact) mass is 282 g/mol. The van der Waals surface area contributed by atoms with Crippen molar-refractivity contribution in [3.05, 3.63) is 23.7 Å². The molecule has 2 aliphatic rings. The first-order valence-corrected chi connectivity index (χ1v) is 8.12. The second-order valence-electron chi connectivity index (χ2n) is 5.68. The highest BCUT2D eigenvalue weighted by Crippen LogP contribution is 2.43. The normalized spacial score (nSPS) is 32.8. The molecule has 3 N–H and O–H groups in total. The van der Waals surface area contributed by atoms with Gasteiger partial charge < -0.3 is 9.15 Å². The third kappa shape index (κ3) is 2.70. The van der Waals surface area contributed by atoms with Gasteiger partial charge in [-0.2, -0.15) is 11.8 Å². The highest BCUT2D eigenvalue weighted by Gasteiger charge is 2.43. The number of thioether (sulfide) groups is 1. The van der Waals surface area contributed by atoms with Crippen LogP contribution >= 0.6 is 11.8 Å². The van der Waals surface area contributed by atoms with Crippen molar-refractivity contribution in [2.45, 2.75) is 37.8 Å².